The number of amides is 1. The van der Waals surface area contributed by atoms with E-state index in [1.54, 1.807) is 4.57 Å². The maximum absolute atomic E-state index is 13.3. The molecule has 1 aliphatic rings. The van der Waals surface area contributed by atoms with Gasteiger partial charge in [-0.1, -0.05) is 24.3 Å². The van der Waals surface area contributed by atoms with Gasteiger partial charge in [0.05, 0.1) is 11.6 Å². The van der Waals surface area contributed by atoms with Crippen LogP contribution in [0.15, 0.2) is 48.7 Å². The number of benzene rings is 2. The SMILES string of the molecule is Cc1ccccc1C(=O)n1cc(CCN(C)C)c2cc(CC3COC(=O)N3)ccc21. The number of carbonyl (C=O) groups excluding carboxylic acids is 2. The summed E-state index contributed by atoms with van der Waals surface area (Å²) in [5.74, 6) is -0.0154. The molecule has 30 heavy (non-hydrogen) atoms. The Morgan fingerprint density at radius 3 is 2.73 bits per heavy atom. The molecule has 6 heteroatoms. The molecule has 0 spiro atoms. The molecule has 1 atom stereocenters. The molecular weight excluding hydrogens is 378 g/mol. The fraction of sp³-hybridized carbons (Fsp3) is 0.333. The summed E-state index contributed by atoms with van der Waals surface area (Å²) in [6.45, 7) is 3.24. The number of hydrogen-bond acceptors (Lipinski definition) is 4. The molecule has 156 valence electrons. The number of aryl methyl sites for hydroxylation is 1. The Morgan fingerprint density at radius 1 is 1.23 bits per heavy atom. The highest BCUT2D eigenvalue weighted by atomic mass is 16.6. The van der Waals surface area contributed by atoms with Crippen molar-refractivity contribution in [2.45, 2.75) is 25.8 Å². The predicted octanol–water partition coefficient (Wildman–Crippen LogP) is 3.39. The van der Waals surface area contributed by atoms with Crippen LogP contribution >= 0.6 is 0 Å². The number of ether oxygens (including phenoxy) is 1. The molecular formula is C24H27N3O3. The number of alkyl carbamates (subject to hydrolysis) is 1. The van der Waals surface area contributed by atoms with Crippen LogP contribution in [0.2, 0.25) is 0 Å². The van der Waals surface area contributed by atoms with Crippen molar-refractivity contribution in [3.63, 3.8) is 0 Å². The van der Waals surface area contributed by atoms with E-state index in [0.717, 1.165) is 40.6 Å². The molecule has 2 heterocycles. The summed E-state index contributed by atoms with van der Waals surface area (Å²) in [6.07, 6.45) is 3.17. The Kier molecular flexibility index (Phi) is 5.59. The van der Waals surface area contributed by atoms with Crippen LogP contribution in [0.25, 0.3) is 10.9 Å². The van der Waals surface area contributed by atoms with E-state index in [1.165, 1.54) is 0 Å². The largest absolute Gasteiger partial charge is 0.447 e. The molecule has 4 rings (SSSR count). The maximum Gasteiger partial charge on any atom is 0.407 e. The minimum atomic E-state index is -0.359. The van der Waals surface area contributed by atoms with Crippen LogP contribution in [-0.2, 0) is 17.6 Å². The van der Waals surface area contributed by atoms with E-state index in [1.807, 2.05) is 63.6 Å². The van der Waals surface area contributed by atoms with Gasteiger partial charge in [-0.05, 0) is 68.8 Å². The highest BCUT2D eigenvalue weighted by molar-refractivity contribution is 6.04. The van der Waals surface area contributed by atoms with Gasteiger partial charge in [0.15, 0.2) is 0 Å². The van der Waals surface area contributed by atoms with E-state index < -0.39 is 0 Å². The van der Waals surface area contributed by atoms with Crippen molar-refractivity contribution in [3.05, 3.63) is 70.9 Å². The lowest BCUT2D eigenvalue weighted by Crippen LogP contribution is -2.28. The highest BCUT2D eigenvalue weighted by Gasteiger charge is 2.23. The second-order valence-corrected chi connectivity index (χ2v) is 8.19. The Labute approximate surface area is 176 Å². The molecule has 6 nitrogen and oxygen atoms in total. The number of nitrogens with zero attached hydrogens (tertiary/aromatic N) is 2. The van der Waals surface area contributed by atoms with Crippen LogP contribution < -0.4 is 5.32 Å². The zero-order valence-electron chi connectivity index (χ0n) is 17.6. The summed E-state index contributed by atoms with van der Waals surface area (Å²) in [7, 11) is 4.09. The van der Waals surface area contributed by atoms with Gasteiger partial charge in [-0.25, -0.2) is 4.79 Å². The Morgan fingerprint density at radius 2 is 2.03 bits per heavy atom. The first-order valence-corrected chi connectivity index (χ1v) is 10.2. The third-order valence-electron chi connectivity index (χ3n) is 5.59. The van der Waals surface area contributed by atoms with Crippen LogP contribution in [-0.4, -0.2) is 54.8 Å². The van der Waals surface area contributed by atoms with Crippen LogP contribution in [0.5, 0.6) is 0 Å². The standard InChI is InChI=1S/C24H27N3O3/c1-16-6-4-5-7-20(16)23(28)27-14-18(10-11-26(2)3)21-13-17(8-9-22(21)27)12-19-15-30-24(29)25-19/h4-9,13-14,19H,10-12,15H2,1-3H3,(H,25,29). The van der Waals surface area contributed by atoms with Crippen molar-refractivity contribution in [2.24, 2.45) is 0 Å². The maximum atomic E-state index is 13.3. The highest BCUT2D eigenvalue weighted by Crippen LogP contribution is 2.26. The number of hydrogen-bond donors (Lipinski definition) is 1. The van der Waals surface area contributed by atoms with Crippen molar-refractivity contribution in [1.82, 2.24) is 14.8 Å². The van der Waals surface area contributed by atoms with Crippen LogP contribution in [0, 0.1) is 6.92 Å². The van der Waals surface area contributed by atoms with Crippen molar-refractivity contribution in [1.29, 1.82) is 0 Å². The number of rotatable bonds is 6. The first-order valence-electron chi connectivity index (χ1n) is 10.2. The number of carbonyl (C=O) groups is 2. The van der Waals surface area contributed by atoms with Crippen LogP contribution in [0.4, 0.5) is 4.79 Å². The monoisotopic (exact) mass is 405 g/mol. The average Bonchev–Trinajstić information content (AvgIpc) is 3.29. The molecule has 1 aromatic heterocycles. The molecule has 1 unspecified atom stereocenters. The minimum Gasteiger partial charge on any atom is -0.447 e. The van der Waals surface area contributed by atoms with Crippen LogP contribution in [0.1, 0.15) is 27.0 Å². The zero-order chi connectivity index (χ0) is 21.3. The van der Waals surface area contributed by atoms with Gasteiger partial charge in [-0.2, -0.15) is 0 Å². The average molecular weight is 405 g/mol. The first kappa shape index (κ1) is 20.2. The summed E-state index contributed by atoms with van der Waals surface area (Å²) in [5.41, 5.74) is 4.85. The molecule has 1 saturated heterocycles. The summed E-state index contributed by atoms with van der Waals surface area (Å²) in [4.78, 5) is 26.8. The molecule has 2 aromatic carbocycles. The number of cyclic esters (lactones) is 1. The molecule has 1 aliphatic heterocycles. The van der Waals surface area contributed by atoms with Crippen molar-refractivity contribution >= 4 is 22.9 Å². The van der Waals surface area contributed by atoms with Gasteiger partial charge in [-0.3, -0.25) is 9.36 Å². The van der Waals surface area contributed by atoms with Gasteiger partial charge in [0.25, 0.3) is 5.91 Å². The lowest BCUT2D eigenvalue weighted by atomic mass is 10.0. The van der Waals surface area contributed by atoms with Gasteiger partial charge in [-0.15, -0.1) is 0 Å². The first-order chi connectivity index (χ1) is 14.4. The summed E-state index contributed by atoms with van der Waals surface area (Å²) in [6, 6.07) is 13.8. The van der Waals surface area contributed by atoms with Gasteiger partial charge >= 0.3 is 6.09 Å². The molecule has 3 aromatic rings. The quantitative estimate of drug-likeness (QED) is 0.683. The van der Waals surface area contributed by atoms with Gasteiger partial charge in [0, 0.05) is 23.7 Å². The number of fused-ring (bicyclic) bond motifs is 1. The third kappa shape index (κ3) is 4.09. The zero-order valence-corrected chi connectivity index (χ0v) is 17.6. The lowest BCUT2D eigenvalue weighted by molar-refractivity contribution is 0.0964. The Balaban J connectivity index is 1.72. The Hall–Kier alpha value is -3.12. The number of aromatic nitrogens is 1. The summed E-state index contributed by atoms with van der Waals surface area (Å²) in [5, 5.41) is 3.91. The second kappa shape index (κ2) is 8.32. The predicted molar refractivity (Wildman–Crippen MR) is 117 cm³/mol. The van der Waals surface area contributed by atoms with E-state index in [4.69, 9.17) is 4.74 Å². The Bertz CT molecular complexity index is 1100. The van der Waals surface area contributed by atoms with E-state index >= 15 is 0 Å². The van der Waals surface area contributed by atoms with Crippen LogP contribution in [0.3, 0.4) is 0 Å². The summed E-state index contributed by atoms with van der Waals surface area (Å²) < 4.78 is 6.78. The van der Waals surface area contributed by atoms with E-state index in [9.17, 15) is 9.59 Å². The molecule has 0 aliphatic carbocycles. The van der Waals surface area contributed by atoms with Gasteiger partial charge in [0.2, 0.25) is 0 Å². The molecule has 0 saturated carbocycles. The molecule has 1 amide bonds. The van der Waals surface area contributed by atoms with Gasteiger partial charge in [0.1, 0.15) is 6.61 Å². The van der Waals surface area contributed by atoms with Crippen molar-refractivity contribution < 1.29 is 14.3 Å². The smallest absolute Gasteiger partial charge is 0.407 e. The fourth-order valence-corrected chi connectivity index (χ4v) is 3.95. The molecule has 1 fully saturated rings. The van der Waals surface area contributed by atoms with E-state index in [2.05, 4.69) is 16.3 Å². The number of nitrogens with one attached hydrogen (secondary N) is 1. The van der Waals surface area contributed by atoms with Crippen molar-refractivity contribution in [2.75, 3.05) is 27.2 Å². The van der Waals surface area contributed by atoms with E-state index in [0.29, 0.717) is 18.6 Å². The molecule has 1 N–H and O–H groups in total. The fourth-order valence-electron chi connectivity index (χ4n) is 3.95. The normalized spacial score (nSPS) is 16.1. The third-order valence-corrected chi connectivity index (χ3v) is 5.59. The van der Waals surface area contributed by atoms with Gasteiger partial charge < -0.3 is 15.0 Å². The minimum absolute atomic E-state index is 0.0154. The number of likely N-dealkylation sites (N-methyl/N-ethyl adjacent to an activating group) is 1. The summed E-state index contributed by atoms with van der Waals surface area (Å²) >= 11 is 0. The lowest BCUT2D eigenvalue weighted by Gasteiger charge is -2.10. The molecule has 0 radical (unpaired) electrons. The van der Waals surface area contributed by atoms with Crippen molar-refractivity contribution in [3.8, 4) is 0 Å². The topological polar surface area (TPSA) is 63.6 Å². The second-order valence-electron chi connectivity index (χ2n) is 8.19. The molecule has 0 bridgehead atoms. The van der Waals surface area contributed by atoms with E-state index in [-0.39, 0.29) is 18.0 Å².